The molecule has 2 aromatic carbocycles. The standard InChI is InChI=1S/C18H20N2O4/c1-12-4-9-16(24-3)15(10-12)20-17(21)11-19-18(22)13-5-7-14(23-2)8-6-13/h4-10H,11H2,1-3H3,(H,19,22)(H,20,21). The molecular formula is C18H20N2O4. The smallest absolute Gasteiger partial charge is 0.251 e. The summed E-state index contributed by atoms with van der Waals surface area (Å²) in [6.07, 6.45) is 0. The molecule has 0 aliphatic heterocycles. The van der Waals surface area contributed by atoms with Crippen molar-refractivity contribution in [3.8, 4) is 11.5 Å². The van der Waals surface area contributed by atoms with E-state index in [1.165, 1.54) is 7.11 Å². The van der Waals surface area contributed by atoms with Crippen molar-refractivity contribution < 1.29 is 19.1 Å². The number of hydrogen-bond acceptors (Lipinski definition) is 4. The van der Waals surface area contributed by atoms with Crippen LogP contribution in [0, 0.1) is 6.92 Å². The first-order valence-electron chi connectivity index (χ1n) is 7.40. The molecule has 0 unspecified atom stereocenters. The lowest BCUT2D eigenvalue weighted by atomic mass is 10.2. The van der Waals surface area contributed by atoms with Crippen LogP contribution in [0.25, 0.3) is 0 Å². The Morgan fingerprint density at radius 3 is 2.33 bits per heavy atom. The summed E-state index contributed by atoms with van der Waals surface area (Å²) in [6, 6.07) is 12.1. The Labute approximate surface area is 140 Å². The number of ether oxygens (including phenoxy) is 2. The van der Waals surface area contributed by atoms with Gasteiger partial charge in [0.15, 0.2) is 0 Å². The first-order chi connectivity index (χ1) is 11.5. The van der Waals surface area contributed by atoms with E-state index < -0.39 is 0 Å². The van der Waals surface area contributed by atoms with Gasteiger partial charge in [-0.1, -0.05) is 6.07 Å². The molecule has 2 aromatic rings. The molecule has 0 fully saturated rings. The van der Waals surface area contributed by atoms with Gasteiger partial charge in [0.2, 0.25) is 5.91 Å². The molecule has 2 rings (SSSR count). The summed E-state index contributed by atoms with van der Waals surface area (Å²) >= 11 is 0. The first kappa shape index (κ1) is 17.3. The lowest BCUT2D eigenvalue weighted by Gasteiger charge is -2.11. The summed E-state index contributed by atoms with van der Waals surface area (Å²) in [5.74, 6) is 0.566. The van der Waals surface area contributed by atoms with Gasteiger partial charge in [-0.25, -0.2) is 0 Å². The molecule has 0 aliphatic carbocycles. The summed E-state index contributed by atoms with van der Waals surface area (Å²) in [5.41, 5.74) is 2.02. The number of carbonyl (C=O) groups is 2. The second kappa shape index (κ2) is 8.01. The summed E-state index contributed by atoms with van der Waals surface area (Å²) in [4.78, 5) is 24.0. The SMILES string of the molecule is COc1ccc(C(=O)NCC(=O)Nc2cc(C)ccc2OC)cc1. The zero-order chi connectivity index (χ0) is 17.5. The van der Waals surface area contributed by atoms with E-state index in [9.17, 15) is 9.59 Å². The van der Waals surface area contributed by atoms with Crippen LogP contribution < -0.4 is 20.1 Å². The number of carbonyl (C=O) groups excluding carboxylic acids is 2. The van der Waals surface area contributed by atoms with E-state index in [0.717, 1.165) is 5.56 Å². The normalized spacial score (nSPS) is 9.96. The average molecular weight is 328 g/mol. The number of aryl methyl sites for hydroxylation is 1. The first-order valence-corrected chi connectivity index (χ1v) is 7.40. The van der Waals surface area contributed by atoms with Crippen LogP contribution in [0.5, 0.6) is 11.5 Å². The molecule has 0 spiro atoms. The molecule has 126 valence electrons. The number of rotatable bonds is 6. The highest BCUT2D eigenvalue weighted by molar-refractivity contribution is 5.99. The molecule has 6 heteroatoms. The van der Waals surface area contributed by atoms with Gasteiger partial charge in [-0.15, -0.1) is 0 Å². The van der Waals surface area contributed by atoms with Crippen molar-refractivity contribution in [2.45, 2.75) is 6.92 Å². The van der Waals surface area contributed by atoms with Crippen LogP contribution in [0.15, 0.2) is 42.5 Å². The van der Waals surface area contributed by atoms with Crippen LogP contribution in [0.4, 0.5) is 5.69 Å². The van der Waals surface area contributed by atoms with Gasteiger partial charge in [0, 0.05) is 5.56 Å². The Balaban J connectivity index is 1.93. The van der Waals surface area contributed by atoms with E-state index in [0.29, 0.717) is 22.7 Å². The largest absolute Gasteiger partial charge is 0.497 e. The minimum absolute atomic E-state index is 0.137. The van der Waals surface area contributed by atoms with E-state index in [1.807, 2.05) is 19.1 Å². The van der Waals surface area contributed by atoms with Crippen LogP contribution in [0.3, 0.4) is 0 Å². The van der Waals surface area contributed by atoms with E-state index in [4.69, 9.17) is 9.47 Å². The number of benzene rings is 2. The van der Waals surface area contributed by atoms with Crippen LogP contribution in [-0.4, -0.2) is 32.6 Å². The fraction of sp³-hybridized carbons (Fsp3) is 0.222. The van der Waals surface area contributed by atoms with Crippen LogP contribution in [0.2, 0.25) is 0 Å². The Morgan fingerprint density at radius 1 is 1.00 bits per heavy atom. The molecule has 6 nitrogen and oxygen atoms in total. The van der Waals surface area contributed by atoms with Crippen molar-refractivity contribution >= 4 is 17.5 Å². The number of nitrogens with one attached hydrogen (secondary N) is 2. The molecule has 0 heterocycles. The molecule has 0 atom stereocenters. The van der Waals surface area contributed by atoms with Gasteiger partial charge in [0.25, 0.3) is 5.91 Å². The lowest BCUT2D eigenvalue weighted by molar-refractivity contribution is -0.115. The molecule has 0 saturated heterocycles. The highest BCUT2D eigenvalue weighted by Crippen LogP contribution is 2.24. The highest BCUT2D eigenvalue weighted by atomic mass is 16.5. The van der Waals surface area contributed by atoms with Crippen LogP contribution in [-0.2, 0) is 4.79 Å². The van der Waals surface area contributed by atoms with Crippen molar-refractivity contribution in [1.29, 1.82) is 0 Å². The van der Waals surface area contributed by atoms with Gasteiger partial charge in [-0.2, -0.15) is 0 Å². The van der Waals surface area contributed by atoms with Crippen molar-refractivity contribution in [2.24, 2.45) is 0 Å². The summed E-state index contributed by atoms with van der Waals surface area (Å²) in [5, 5.41) is 5.30. The summed E-state index contributed by atoms with van der Waals surface area (Å²) in [7, 11) is 3.09. The van der Waals surface area contributed by atoms with Crippen LogP contribution in [0.1, 0.15) is 15.9 Å². The predicted octanol–water partition coefficient (Wildman–Crippen LogP) is 2.38. The van der Waals surface area contributed by atoms with E-state index in [1.54, 1.807) is 37.4 Å². The molecule has 0 saturated carbocycles. The third kappa shape index (κ3) is 4.49. The quantitative estimate of drug-likeness (QED) is 0.853. The molecule has 24 heavy (non-hydrogen) atoms. The fourth-order valence-corrected chi connectivity index (χ4v) is 2.12. The Bertz CT molecular complexity index is 726. The van der Waals surface area contributed by atoms with Crippen molar-refractivity contribution in [3.05, 3.63) is 53.6 Å². The van der Waals surface area contributed by atoms with Gasteiger partial charge in [0.05, 0.1) is 26.5 Å². The highest BCUT2D eigenvalue weighted by Gasteiger charge is 2.10. The third-order valence-corrected chi connectivity index (χ3v) is 3.39. The number of methoxy groups -OCH3 is 2. The second-order valence-electron chi connectivity index (χ2n) is 5.16. The molecule has 0 bridgehead atoms. The van der Waals surface area contributed by atoms with E-state index in [2.05, 4.69) is 10.6 Å². The van der Waals surface area contributed by atoms with Crippen LogP contribution >= 0.6 is 0 Å². The summed E-state index contributed by atoms with van der Waals surface area (Å²) in [6.45, 7) is 1.78. The average Bonchev–Trinajstić information content (AvgIpc) is 2.60. The van der Waals surface area contributed by atoms with Gasteiger partial charge >= 0.3 is 0 Å². The molecule has 2 N–H and O–H groups in total. The number of amides is 2. The minimum Gasteiger partial charge on any atom is -0.497 e. The molecular weight excluding hydrogens is 308 g/mol. The van der Waals surface area contributed by atoms with Crippen molar-refractivity contribution in [1.82, 2.24) is 5.32 Å². The van der Waals surface area contributed by atoms with Gasteiger partial charge < -0.3 is 20.1 Å². The monoisotopic (exact) mass is 328 g/mol. The molecule has 0 radical (unpaired) electrons. The fourth-order valence-electron chi connectivity index (χ4n) is 2.12. The van der Waals surface area contributed by atoms with Gasteiger partial charge in [0.1, 0.15) is 11.5 Å². The maximum atomic E-state index is 12.0. The van der Waals surface area contributed by atoms with E-state index in [-0.39, 0.29) is 18.4 Å². The molecule has 0 aliphatic rings. The Hall–Kier alpha value is -3.02. The van der Waals surface area contributed by atoms with Crippen molar-refractivity contribution in [3.63, 3.8) is 0 Å². The third-order valence-electron chi connectivity index (χ3n) is 3.39. The lowest BCUT2D eigenvalue weighted by Crippen LogP contribution is -2.32. The number of hydrogen-bond donors (Lipinski definition) is 2. The Kier molecular flexibility index (Phi) is 5.78. The van der Waals surface area contributed by atoms with Gasteiger partial charge in [-0.05, 0) is 48.9 Å². The maximum absolute atomic E-state index is 12.0. The topological polar surface area (TPSA) is 76.7 Å². The maximum Gasteiger partial charge on any atom is 0.251 e. The minimum atomic E-state index is -0.333. The molecule has 2 amide bonds. The second-order valence-corrected chi connectivity index (χ2v) is 5.16. The predicted molar refractivity (Wildman–Crippen MR) is 91.7 cm³/mol. The summed E-state index contributed by atoms with van der Waals surface area (Å²) < 4.78 is 10.2. The zero-order valence-corrected chi connectivity index (χ0v) is 13.9. The van der Waals surface area contributed by atoms with E-state index >= 15 is 0 Å². The van der Waals surface area contributed by atoms with Gasteiger partial charge in [-0.3, -0.25) is 9.59 Å². The number of anilines is 1. The molecule has 0 aromatic heterocycles. The Morgan fingerprint density at radius 2 is 1.71 bits per heavy atom. The zero-order valence-electron chi connectivity index (χ0n) is 13.9. The van der Waals surface area contributed by atoms with Crippen molar-refractivity contribution in [2.75, 3.05) is 26.1 Å².